The quantitative estimate of drug-likeness (QED) is 0.826. The Morgan fingerprint density at radius 1 is 1.44 bits per heavy atom. The second kappa shape index (κ2) is 7.77. The number of hydrogen-bond acceptors (Lipinski definition) is 3. The van der Waals surface area contributed by atoms with Crippen molar-refractivity contribution in [2.75, 3.05) is 25.6 Å². The van der Waals surface area contributed by atoms with Gasteiger partial charge in [0.15, 0.2) is 0 Å². The highest BCUT2D eigenvalue weighted by Gasteiger charge is 2.22. The highest BCUT2D eigenvalue weighted by Crippen LogP contribution is 2.23. The van der Waals surface area contributed by atoms with E-state index in [4.69, 9.17) is 5.73 Å². The monoisotopic (exact) mass is 270 g/mol. The van der Waals surface area contributed by atoms with Gasteiger partial charge >= 0.3 is 0 Å². The van der Waals surface area contributed by atoms with Gasteiger partial charge in [-0.1, -0.05) is 19.1 Å². The van der Waals surface area contributed by atoms with Gasteiger partial charge in [0, 0.05) is 24.4 Å². The second-order valence-corrected chi connectivity index (χ2v) is 5.40. The van der Waals surface area contributed by atoms with Gasteiger partial charge in [-0.3, -0.25) is 4.90 Å². The topological polar surface area (TPSA) is 29.3 Å². The van der Waals surface area contributed by atoms with Gasteiger partial charge in [0.2, 0.25) is 0 Å². The van der Waals surface area contributed by atoms with Crippen molar-refractivity contribution in [2.24, 2.45) is 5.73 Å². The molecule has 4 heteroatoms. The molecule has 0 heterocycles. The van der Waals surface area contributed by atoms with Crippen molar-refractivity contribution in [2.45, 2.75) is 25.4 Å². The van der Waals surface area contributed by atoms with Gasteiger partial charge in [-0.05, 0) is 37.4 Å². The van der Waals surface area contributed by atoms with Crippen LogP contribution in [0.25, 0.3) is 0 Å². The summed E-state index contributed by atoms with van der Waals surface area (Å²) in [5.41, 5.74) is 6.83. The summed E-state index contributed by atoms with van der Waals surface area (Å²) in [6.07, 6.45) is 3.18. The lowest BCUT2D eigenvalue weighted by molar-refractivity contribution is 0.187. The van der Waals surface area contributed by atoms with E-state index in [0.29, 0.717) is 12.6 Å². The Bertz CT molecular complexity index is 359. The van der Waals surface area contributed by atoms with E-state index in [-0.39, 0.29) is 11.9 Å². The molecule has 18 heavy (non-hydrogen) atoms. The number of halogens is 1. The third-order valence-corrected chi connectivity index (χ3v) is 4.07. The first kappa shape index (κ1) is 15.5. The first-order valence-electron chi connectivity index (χ1n) is 6.30. The Morgan fingerprint density at radius 3 is 2.67 bits per heavy atom. The molecule has 2 unspecified atom stereocenters. The maximum Gasteiger partial charge on any atom is 0.123 e. The van der Waals surface area contributed by atoms with Crippen molar-refractivity contribution >= 4 is 11.8 Å². The lowest BCUT2D eigenvalue weighted by atomic mass is 10.0. The van der Waals surface area contributed by atoms with Gasteiger partial charge in [0.05, 0.1) is 0 Å². The highest BCUT2D eigenvalue weighted by atomic mass is 32.2. The first-order valence-corrected chi connectivity index (χ1v) is 7.69. The van der Waals surface area contributed by atoms with Crippen molar-refractivity contribution in [1.29, 1.82) is 0 Å². The molecule has 1 aromatic carbocycles. The van der Waals surface area contributed by atoms with Gasteiger partial charge < -0.3 is 5.73 Å². The lowest BCUT2D eigenvalue weighted by Crippen LogP contribution is -2.39. The number of benzene rings is 1. The third-order valence-electron chi connectivity index (χ3n) is 3.35. The number of nitrogens with two attached hydrogens (primary N) is 1. The summed E-state index contributed by atoms with van der Waals surface area (Å²) in [6.45, 7) is 2.68. The highest BCUT2D eigenvalue weighted by molar-refractivity contribution is 7.98. The summed E-state index contributed by atoms with van der Waals surface area (Å²) in [5, 5.41) is 0. The molecule has 0 saturated carbocycles. The Morgan fingerprint density at radius 2 is 2.17 bits per heavy atom. The minimum absolute atomic E-state index is 0.0813. The largest absolute Gasteiger partial charge is 0.329 e. The van der Waals surface area contributed by atoms with Crippen LogP contribution in [0, 0.1) is 5.82 Å². The standard InChI is InChI=1S/C14H23FN2S/c1-4-13(10-18-3)17(2)14(9-16)11-6-5-7-12(15)8-11/h5-8,13-14H,4,9-10,16H2,1-3H3. The minimum atomic E-state index is -0.197. The van der Waals surface area contributed by atoms with Crippen molar-refractivity contribution in [3.63, 3.8) is 0 Å². The molecule has 0 aromatic heterocycles. The molecule has 0 aliphatic carbocycles. The SMILES string of the molecule is CCC(CSC)N(C)C(CN)c1cccc(F)c1. The van der Waals surface area contributed by atoms with E-state index in [2.05, 4.69) is 25.1 Å². The normalized spacial score (nSPS) is 14.8. The predicted molar refractivity (Wildman–Crippen MR) is 78.4 cm³/mol. The zero-order valence-electron chi connectivity index (χ0n) is 11.4. The summed E-state index contributed by atoms with van der Waals surface area (Å²) < 4.78 is 13.3. The van der Waals surface area contributed by atoms with Crippen LogP contribution in [0.3, 0.4) is 0 Å². The lowest BCUT2D eigenvalue weighted by Gasteiger charge is -2.34. The molecule has 0 aliphatic heterocycles. The van der Waals surface area contributed by atoms with E-state index in [1.807, 2.05) is 17.8 Å². The summed E-state index contributed by atoms with van der Waals surface area (Å²) in [7, 11) is 2.08. The number of hydrogen-bond donors (Lipinski definition) is 1. The van der Waals surface area contributed by atoms with Crippen molar-refractivity contribution in [1.82, 2.24) is 4.90 Å². The molecule has 102 valence electrons. The Balaban J connectivity index is 2.88. The summed E-state index contributed by atoms with van der Waals surface area (Å²) >= 11 is 1.83. The molecule has 0 saturated heterocycles. The van der Waals surface area contributed by atoms with E-state index in [0.717, 1.165) is 17.7 Å². The predicted octanol–water partition coefficient (Wildman–Crippen LogP) is 2.90. The Kier molecular flexibility index (Phi) is 6.68. The van der Waals surface area contributed by atoms with Gasteiger partial charge in [0.25, 0.3) is 0 Å². The van der Waals surface area contributed by atoms with Crippen LogP contribution in [0.2, 0.25) is 0 Å². The van der Waals surface area contributed by atoms with Crippen LogP contribution in [0.1, 0.15) is 24.9 Å². The van der Waals surface area contributed by atoms with E-state index < -0.39 is 0 Å². The molecule has 2 N–H and O–H groups in total. The maximum absolute atomic E-state index is 13.3. The van der Waals surface area contributed by atoms with Gasteiger partial charge in [-0.2, -0.15) is 11.8 Å². The minimum Gasteiger partial charge on any atom is -0.329 e. The molecular formula is C14H23FN2S. The zero-order chi connectivity index (χ0) is 13.5. The van der Waals surface area contributed by atoms with Crippen molar-refractivity contribution < 1.29 is 4.39 Å². The molecular weight excluding hydrogens is 247 g/mol. The fraction of sp³-hybridized carbons (Fsp3) is 0.571. The van der Waals surface area contributed by atoms with E-state index >= 15 is 0 Å². The van der Waals surface area contributed by atoms with Crippen LogP contribution in [0.15, 0.2) is 24.3 Å². The Hall–Kier alpha value is -0.580. The molecule has 0 fully saturated rings. The molecule has 1 aromatic rings. The first-order chi connectivity index (χ1) is 8.63. The summed E-state index contributed by atoms with van der Waals surface area (Å²) in [5.74, 6) is 0.871. The average Bonchev–Trinajstić information content (AvgIpc) is 2.36. The Labute approximate surface area is 114 Å². The number of thioether (sulfide) groups is 1. The fourth-order valence-corrected chi connectivity index (χ4v) is 3.08. The molecule has 1 rings (SSSR count). The number of rotatable bonds is 7. The van der Waals surface area contributed by atoms with Crippen molar-refractivity contribution in [3.05, 3.63) is 35.6 Å². The zero-order valence-corrected chi connectivity index (χ0v) is 12.2. The summed E-state index contributed by atoms with van der Waals surface area (Å²) in [6, 6.07) is 7.30. The number of nitrogens with zero attached hydrogens (tertiary/aromatic N) is 1. The molecule has 0 radical (unpaired) electrons. The maximum atomic E-state index is 13.3. The average molecular weight is 270 g/mol. The third kappa shape index (κ3) is 3.97. The fourth-order valence-electron chi connectivity index (χ4n) is 2.22. The molecule has 0 aliphatic rings. The van der Waals surface area contributed by atoms with Crippen LogP contribution < -0.4 is 5.73 Å². The molecule has 0 bridgehead atoms. The van der Waals surface area contributed by atoms with Crippen LogP contribution in [-0.2, 0) is 0 Å². The van der Waals surface area contributed by atoms with E-state index in [9.17, 15) is 4.39 Å². The van der Waals surface area contributed by atoms with Crippen LogP contribution in [0.4, 0.5) is 4.39 Å². The van der Waals surface area contributed by atoms with E-state index in [1.165, 1.54) is 6.07 Å². The van der Waals surface area contributed by atoms with Crippen LogP contribution in [-0.4, -0.2) is 36.5 Å². The second-order valence-electron chi connectivity index (χ2n) is 4.49. The van der Waals surface area contributed by atoms with Crippen LogP contribution >= 0.6 is 11.8 Å². The van der Waals surface area contributed by atoms with Crippen LogP contribution in [0.5, 0.6) is 0 Å². The smallest absolute Gasteiger partial charge is 0.123 e. The van der Waals surface area contributed by atoms with Gasteiger partial charge in [-0.15, -0.1) is 0 Å². The van der Waals surface area contributed by atoms with E-state index in [1.54, 1.807) is 12.1 Å². The molecule has 2 nitrogen and oxygen atoms in total. The molecule has 0 amide bonds. The number of likely N-dealkylation sites (N-methyl/N-ethyl adjacent to an activating group) is 1. The molecule has 0 spiro atoms. The van der Waals surface area contributed by atoms with Gasteiger partial charge in [0.1, 0.15) is 5.82 Å². The van der Waals surface area contributed by atoms with Crippen molar-refractivity contribution in [3.8, 4) is 0 Å². The van der Waals surface area contributed by atoms with Gasteiger partial charge in [-0.25, -0.2) is 4.39 Å². The summed E-state index contributed by atoms with van der Waals surface area (Å²) in [4.78, 5) is 2.27. The molecule has 2 atom stereocenters.